The molecule has 2 aliphatic carbocycles. The van der Waals surface area contributed by atoms with Gasteiger partial charge < -0.3 is 0 Å². The highest BCUT2D eigenvalue weighted by molar-refractivity contribution is 5.54. The summed E-state index contributed by atoms with van der Waals surface area (Å²) in [4.78, 5) is 0. The van der Waals surface area contributed by atoms with Gasteiger partial charge >= 0.3 is 0 Å². The van der Waals surface area contributed by atoms with E-state index >= 15 is 0 Å². The van der Waals surface area contributed by atoms with Crippen molar-refractivity contribution >= 4 is 0 Å². The van der Waals surface area contributed by atoms with Gasteiger partial charge in [0.2, 0.25) is 0 Å². The molecule has 0 aliphatic heterocycles. The van der Waals surface area contributed by atoms with Crippen LogP contribution in [0.15, 0.2) is 34.4 Å². The molecule has 0 aromatic carbocycles. The van der Waals surface area contributed by atoms with Crippen LogP contribution in [0.1, 0.15) is 33.1 Å². The number of rotatable bonds is 0. The molecule has 0 saturated heterocycles. The second-order valence-electron chi connectivity index (χ2n) is 3.50. The summed E-state index contributed by atoms with van der Waals surface area (Å²) < 4.78 is 0. The van der Waals surface area contributed by atoms with E-state index in [0.717, 1.165) is 0 Å². The molecule has 0 heterocycles. The Morgan fingerprint density at radius 2 is 2.18 bits per heavy atom. The van der Waals surface area contributed by atoms with Gasteiger partial charge in [-0.25, -0.2) is 0 Å². The second kappa shape index (κ2) is 2.37. The number of hydrogen-bond donors (Lipinski definition) is 0. The smallest absolute Gasteiger partial charge is 0.00987 e. The van der Waals surface area contributed by atoms with Crippen molar-refractivity contribution < 1.29 is 0 Å². The molecule has 2 aliphatic rings. The van der Waals surface area contributed by atoms with E-state index in [1.54, 1.807) is 16.7 Å². The normalized spacial score (nSPS) is 26.4. The first-order valence-corrected chi connectivity index (χ1v) is 4.36. The van der Waals surface area contributed by atoms with Crippen LogP contribution in [0.25, 0.3) is 0 Å². The lowest BCUT2D eigenvalue weighted by Crippen LogP contribution is -1.77. The quantitative estimate of drug-likeness (QED) is 0.491. The maximum absolute atomic E-state index is 2.36. The molecular formula is C11H14. The van der Waals surface area contributed by atoms with Crippen molar-refractivity contribution in [2.45, 2.75) is 33.1 Å². The predicted octanol–water partition coefficient (Wildman–Crippen LogP) is 3.37. The minimum absolute atomic E-state index is 1.24. The van der Waals surface area contributed by atoms with Gasteiger partial charge in [0.05, 0.1) is 0 Å². The summed E-state index contributed by atoms with van der Waals surface area (Å²) in [7, 11) is 0. The second-order valence-corrected chi connectivity index (χ2v) is 3.50. The molecule has 0 aromatic rings. The minimum atomic E-state index is 1.24. The van der Waals surface area contributed by atoms with E-state index in [9.17, 15) is 0 Å². The van der Waals surface area contributed by atoms with E-state index in [-0.39, 0.29) is 0 Å². The zero-order valence-corrected chi connectivity index (χ0v) is 7.28. The molecular weight excluding hydrogens is 132 g/mol. The van der Waals surface area contributed by atoms with Crippen molar-refractivity contribution in [2.24, 2.45) is 0 Å². The van der Waals surface area contributed by atoms with Crippen LogP contribution in [-0.2, 0) is 0 Å². The van der Waals surface area contributed by atoms with Crippen LogP contribution in [0, 0.1) is 0 Å². The average Bonchev–Trinajstić information content (AvgIpc) is 2.45. The van der Waals surface area contributed by atoms with Crippen LogP contribution < -0.4 is 0 Å². The van der Waals surface area contributed by atoms with Gasteiger partial charge in [0.25, 0.3) is 0 Å². The highest BCUT2D eigenvalue weighted by Gasteiger charge is 2.21. The van der Waals surface area contributed by atoms with Gasteiger partial charge in [-0.15, -0.1) is 0 Å². The lowest BCUT2D eigenvalue weighted by atomic mass is 10.1. The van der Waals surface area contributed by atoms with E-state index in [2.05, 4.69) is 26.0 Å². The molecule has 0 N–H and O–H groups in total. The van der Waals surface area contributed by atoms with Gasteiger partial charge in [0.15, 0.2) is 0 Å². The van der Waals surface area contributed by atoms with E-state index < -0.39 is 0 Å². The van der Waals surface area contributed by atoms with Crippen molar-refractivity contribution in [1.29, 1.82) is 0 Å². The zero-order valence-electron chi connectivity index (χ0n) is 7.28. The average molecular weight is 146 g/mol. The lowest BCUT2D eigenvalue weighted by Gasteiger charge is -1.96. The van der Waals surface area contributed by atoms with Crippen LogP contribution in [-0.4, -0.2) is 0 Å². The predicted molar refractivity (Wildman–Crippen MR) is 48.4 cm³/mol. The molecule has 0 nitrogen and oxygen atoms in total. The molecule has 0 heteroatoms. The summed E-state index contributed by atoms with van der Waals surface area (Å²) >= 11 is 0. The van der Waals surface area contributed by atoms with Gasteiger partial charge in [-0.2, -0.15) is 0 Å². The van der Waals surface area contributed by atoms with Gasteiger partial charge in [0, 0.05) is 0 Å². The van der Waals surface area contributed by atoms with E-state index in [0.29, 0.717) is 0 Å². The SMILES string of the molecule is C/C=C1\CCC2=C1C=C(C)C2. The molecule has 0 spiro atoms. The number of hydrogen-bond acceptors (Lipinski definition) is 0. The zero-order chi connectivity index (χ0) is 7.84. The van der Waals surface area contributed by atoms with Crippen molar-refractivity contribution in [3.63, 3.8) is 0 Å². The molecule has 0 unspecified atom stereocenters. The topological polar surface area (TPSA) is 0 Å². The van der Waals surface area contributed by atoms with Gasteiger partial charge in [-0.3, -0.25) is 0 Å². The van der Waals surface area contributed by atoms with Crippen LogP contribution >= 0.6 is 0 Å². The summed E-state index contributed by atoms with van der Waals surface area (Å²) in [6.07, 6.45) is 8.45. The summed E-state index contributed by atoms with van der Waals surface area (Å²) in [6.45, 7) is 4.37. The van der Waals surface area contributed by atoms with Crippen LogP contribution in [0.5, 0.6) is 0 Å². The largest absolute Gasteiger partial charge is 0.0838 e. The van der Waals surface area contributed by atoms with Gasteiger partial charge in [0.1, 0.15) is 0 Å². The van der Waals surface area contributed by atoms with Gasteiger partial charge in [-0.05, 0) is 44.3 Å². The fourth-order valence-corrected chi connectivity index (χ4v) is 2.09. The fraction of sp³-hybridized carbons (Fsp3) is 0.455. The molecule has 0 aromatic heterocycles. The first-order valence-electron chi connectivity index (χ1n) is 4.36. The molecule has 58 valence electrons. The van der Waals surface area contributed by atoms with Crippen molar-refractivity contribution in [2.75, 3.05) is 0 Å². The summed E-state index contributed by atoms with van der Waals surface area (Å²) in [5.41, 5.74) is 6.34. The third-order valence-electron chi connectivity index (χ3n) is 2.65. The Labute approximate surface area is 68.3 Å². The van der Waals surface area contributed by atoms with Crippen LogP contribution in [0.3, 0.4) is 0 Å². The third-order valence-corrected chi connectivity index (χ3v) is 2.65. The molecule has 0 fully saturated rings. The standard InChI is InChI=1S/C11H14/c1-3-9-4-5-10-6-8(2)7-11(9)10/h3,7H,4-6H2,1-2H3/b9-3+. The van der Waals surface area contributed by atoms with E-state index in [1.165, 1.54) is 24.8 Å². The highest BCUT2D eigenvalue weighted by Crippen LogP contribution is 2.40. The van der Waals surface area contributed by atoms with Gasteiger partial charge in [-0.1, -0.05) is 23.3 Å². The fourth-order valence-electron chi connectivity index (χ4n) is 2.09. The Bertz CT molecular complexity index is 274. The van der Waals surface area contributed by atoms with Crippen molar-refractivity contribution in [3.8, 4) is 0 Å². The van der Waals surface area contributed by atoms with Crippen molar-refractivity contribution in [3.05, 3.63) is 34.4 Å². The first kappa shape index (κ1) is 6.90. The minimum Gasteiger partial charge on any atom is -0.0838 e. The molecule has 0 atom stereocenters. The summed E-state index contributed by atoms with van der Waals surface area (Å²) in [5, 5.41) is 0. The Morgan fingerprint density at radius 1 is 1.36 bits per heavy atom. The Balaban J connectivity index is 2.37. The van der Waals surface area contributed by atoms with Crippen molar-refractivity contribution in [1.82, 2.24) is 0 Å². The van der Waals surface area contributed by atoms with E-state index in [1.807, 2.05) is 0 Å². The lowest BCUT2D eigenvalue weighted by molar-refractivity contribution is 0.953. The van der Waals surface area contributed by atoms with Crippen LogP contribution in [0.4, 0.5) is 0 Å². The first-order chi connectivity index (χ1) is 5.31. The molecule has 0 radical (unpaired) electrons. The Kier molecular flexibility index (Phi) is 1.49. The molecule has 11 heavy (non-hydrogen) atoms. The molecule has 0 bridgehead atoms. The Hall–Kier alpha value is -0.780. The molecule has 0 saturated carbocycles. The Morgan fingerprint density at radius 3 is 2.91 bits per heavy atom. The van der Waals surface area contributed by atoms with Crippen LogP contribution in [0.2, 0.25) is 0 Å². The molecule has 0 amide bonds. The van der Waals surface area contributed by atoms with E-state index in [4.69, 9.17) is 0 Å². The number of allylic oxidation sites excluding steroid dienone is 6. The third kappa shape index (κ3) is 0.973. The molecule has 2 rings (SSSR count). The summed E-state index contributed by atoms with van der Waals surface area (Å²) in [5.74, 6) is 0. The summed E-state index contributed by atoms with van der Waals surface area (Å²) in [6, 6.07) is 0. The maximum atomic E-state index is 2.36. The monoisotopic (exact) mass is 146 g/mol. The maximum Gasteiger partial charge on any atom is -0.00987 e. The highest BCUT2D eigenvalue weighted by atomic mass is 14.3.